The summed E-state index contributed by atoms with van der Waals surface area (Å²) in [5.74, 6) is 0. The third kappa shape index (κ3) is 149. The smallest absolute Gasteiger partial charge is 0.569 e. The van der Waals surface area contributed by atoms with Crippen LogP contribution in [0.4, 0.5) is 0 Å². The predicted molar refractivity (Wildman–Crippen MR) is 118 cm³/mol. The van der Waals surface area contributed by atoms with E-state index in [1.54, 1.807) is 20.8 Å². The van der Waals surface area contributed by atoms with E-state index in [0.29, 0.717) is 19.6 Å². The van der Waals surface area contributed by atoms with Gasteiger partial charge in [0, 0.05) is 91.5 Å². The first-order chi connectivity index (χ1) is 11.9. The molecule has 0 aliphatic carbocycles. The SMILES string of the molecule is CC(O)CN(CC(C)O)CC(C)O.CO.CO.CO.CO.[CH2-]O.[CH2-]O.[CH3-].[CH3-].[CH3-].[Ti+3].[Ti].[Ti]. The zero-order chi connectivity index (χ0) is 22.4. The van der Waals surface area contributed by atoms with E-state index in [0.717, 1.165) is 28.4 Å². The van der Waals surface area contributed by atoms with E-state index in [-0.39, 0.29) is 87.4 Å². The molecule has 0 spiro atoms. The van der Waals surface area contributed by atoms with Gasteiger partial charge in [-0.15, -0.1) is 0 Å². The Morgan fingerprint density at radius 2 is 0.613 bits per heavy atom. The molecule has 10 nitrogen and oxygen atoms in total. The van der Waals surface area contributed by atoms with Crippen LogP contribution in [0.5, 0.6) is 0 Å². The second-order valence-electron chi connectivity index (χ2n) is 3.77. The first-order valence-corrected chi connectivity index (χ1v) is 7.10. The maximum atomic E-state index is 9.14. The van der Waals surface area contributed by atoms with Crippen LogP contribution in [0.15, 0.2) is 0 Å². The minimum absolute atomic E-state index is 0. The second kappa shape index (κ2) is 107. The van der Waals surface area contributed by atoms with Gasteiger partial charge < -0.3 is 68.2 Å². The van der Waals surface area contributed by atoms with Crippen LogP contribution in [-0.4, -0.2) is 117 Å². The van der Waals surface area contributed by atoms with Crippen molar-refractivity contribution in [1.29, 1.82) is 0 Å². The molecular formula is C18H52NO9Ti3-2. The maximum absolute atomic E-state index is 9.14. The van der Waals surface area contributed by atoms with Crippen molar-refractivity contribution in [2.45, 2.75) is 39.1 Å². The van der Waals surface area contributed by atoms with Crippen molar-refractivity contribution in [1.82, 2.24) is 4.90 Å². The van der Waals surface area contributed by atoms with Gasteiger partial charge in [-0.3, -0.25) is 4.90 Å². The maximum Gasteiger partial charge on any atom is 3.00 e. The van der Waals surface area contributed by atoms with E-state index in [4.69, 9.17) is 46.0 Å². The van der Waals surface area contributed by atoms with Gasteiger partial charge in [0.2, 0.25) is 0 Å². The number of hydrogen-bond acceptors (Lipinski definition) is 10. The minimum atomic E-state index is -0.433. The number of rotatable bonds is 6. The zero-order valence-corrected chi connectivity index (χ0v) is 25.9. The Morgan fingerprint density at radius 3 is 0.677 bits per heavy atom. The van der Waals surface area contributed by atoms with Gasteiger partial charge in [-0.05, 0) is 20.8 Å². The average Bonchev–Trinajstić information content (AvgIpc) is 2.63. The molecule has 13 heteroatoms. The topological polar surface area (TPSA) is 185 Å². The van der Waals surface area contributed by atoms with Gasteiger partial charge in [-0.1, -0.05) is 0 Å². The van der Waals surface area contributed by atoms with E-state index < -0.39 is 18.3 Å². The summed E-state index contributed by atoms with van der Waals surface area (Å²) in [5.41, 5.74) is 0. The molecule has 0 fully saturated rings. The summed E-state index contributed by atoms with van der Waals surface area (Å²) < 4.78 is 0. The Bertz CT molecular complexity index is 133. The summed E-state index contributed by atoms with van der Waals surface area (Å²) in [6, 6.07) is 0. The van der Waals surface area contributed by atoms with Crippen LogP contribution in [0, 0.1) is 36.5 Å². The minimum Gasteiger partial charge on any atom is -0.569 e. The molecule has 0 heterocycles. The quantitative estimate of drug-likeness (QED) is 0.149. The summed E-state index contributed by atoms with van der Waals surface area (Å²) in [6.07, 6.45) is -1.30. The Labute approximate surface area is 238 Å². The van der Waals surface area contributed by atoms with E-state index in [9.17, 15) is 0 Å². The van der Waals surface area contributed by atoms with Crippen molar-refractivity contribution < 1.29 is 111 Å². The number of nitrogens with zero attached hydrogens (tertiary/aromatic N) is 1. The summed E-state index contributed by atoms with van der Waals surface area (Å²) in [7, 11) is 8.50. The van der Waals surface area contributed by atoms with Crippen molar-refractivity contribution >= 4 is 0 Å². The molecule has 197 valence electrons. The molecular weight excluding hydrogens is 518 g/mol. The summed E-state index contributed by atoms with van der Waals surface area (Å²) in [5, 5.41) is 68.9. The van der Waals surface area contributed by atoms with Crippen LogP contribution >= 0.6 is 0 Å². The van der Waals surface area contributed by atoms with E-state index in [1.165, 1.54) is 0 Å². The normalized spacial score (nSPS) is 9.00. The van der Waals surface area contributed by atoms with Crippen LogP contribution < -0.4 is 0 Å². The molecule has 0 amide bonds. The number of aliphatic hydroxyl groups excluding tert-OH is 9. The molecule has 31 heavy (non-hydrogen) atoms. The van der Waals surface area contributed by atoms with Crippen molar-refractivity contribution in [3.05, 3.63) is 36.5 Å². The molecule has 0 aromatic rings. The summed E-state index contributed by atoms with van der Waals surface area (Å²) in [4.78, 5) is 1.85. The third-order valence-corrected chi connectivity index (χ3v) is 1.57. The molecule has 3 unspecified atom stereocenters. The largest absolute Gasteiger partial charge is 3.00 e. The van der Waals surface area contributed by atoms with Crippen molar-refractivity contribution in [2.75, 3.05) is 48.1 Å². The van der Waals surface area contributed by atoms with Gasteiger partial charge in [0.1, 0.15) is 0 Å². The van der Waals surface area contributed by atoms with Crippen LogP contribution in [-0.2, 0) is 65.2 Å². The molecule has 0 rings (SSSR count). The van der Waals surface area contributed by atoms with Gasteiger partial charge in [-0.25, -0.2) is 14.2 Å². The fourth-order valence-corrected chi connectivity index (χ4v) is 1.34. The third-order valence-electron chi connectivity index (χ3n) is 1.57. The van der Waals surface area contributed by atoms with E-state index in [2.05, 4.69) is 14.2 Å². The van der Waals surface area contributed by atoms with Gasteiger partial charge >= 0.3 is 21.7 Å². The molecule has 1 radical (unpaired) electrons. The predicted octanol–water partition coefficient (Wildman–Crippen LogP) is -0.491. The van der Waals surface area contributed by atoms with Gasteiger partial charge in [0.15, 0.2) is 0 Å². The summed E-state index contributed by atoms with van der Waals surface area (Å²) >= 11 is 0. The van der Waals surface area contributed by atoms with E-state index >= 15 is 0 Å². The van der Waals surface area contributed by atoms with Crippen LogP contribution in [0.1, 0.15) is 20.8 Å². The molecule has 0 saturated carbocycles. The van der Waals surface area contributed by atoms with Crippen molar-refractivity contribution in [3.8, 4) is 0 Å². The van der Waals surface area contributed by atoms with E-state index in [1.807, 2.05) is 4.90 Å². The second-order valence-corrected chi connectivity index (χ2v) is 3.77. The Morgan fingerprint density at radius 1 is 0.516 bits per heavy atom. The van der Waals surface area contributed by atoms with Crippen LogP contribution in [0.25, 0.3) is 0 Å². The summed E-state index contributed by atoms with van der Waals surface area (Å²) in [6.45, 7) is 6.52. The van der Waals surface area contributed by atoms with Gasteiger partial charge in [0.05, 0.1) is 18.3 Å². The fourth-order valence-electron chi connectivity index (χ4n) is 1.34. The van der Waals surface area contributed by atoms with Crippen LogP contribution in [0.2, 0.25) is 0 Å². The first kappa shape index (κ1) is 84.6. The first-order valence-electron chi connectivity index (χ1n) is 7.10. The monoisotopic (exact) mass is 570 g/mol. The molecule has 0 aliphatic heterocycles. The Balaban J connectivity index is -0.0000000143. The molecule has 0 bridgehead atoms. The van der Waals surface area contributed by atoms with Crippen molar-refractivity contribution in [2.24, 2.45) is 0 Å². The zero-order valence-electron chi connectivity index (χ0n) is 21.2. The number of aliphatic hydroxyl groups is 9. The average molecular weight is 570 g/mol. The Kier molecular flexibility index (Phi) is 292. The molecule has 3 atom stereocenters. The van der Waals surface area contributed by atoms with Gasteiger partial charge in [-0.2, -0.15) is 0 Å². The molecule has 0 aliphatic rings. The fraction of sp³-hybridized carbons (Fsp3) is 0.722. The standard InChI is InChI=1S/C9H21NO3.4CH4O.2CH3O.3CH3.3Ti/c1-7(11)4-10(5-8(2)12)6-9(3)13;6*1-2;;;;;;/h7-9,11-13H,4-6H2,1-3H3;4*2H,1H3;2*2H,1H2;3*1H3;;;/q;;;;;5*-1;;;+3. The molecule has 0 aromatic carbocycles. The molecule has 0 saturated heterocycles. The van der Waals surface area contributed by atoms with Gasteiger partial charge in [0.25, 0.3) is 0 Å². The molecule has 0 aromatic heterocycles. The van der Waals surface area contributed by atoms with Crippen molar-refractivity contribution in [3.63, 3.8) is 0 Å². The molecule has 9 N–H and O–H groups in total. The van der Waals surface area contributed by atoms with Crippen LogP contribution in [0.3, 0.4) is 0 Å². The Hall–Kier alpha value is 1.74. The number of hydrogen-bond donors (Lipinski definition) is 9.